The summed E-state index contributed by atoms with van der Waals surface area (Å²) < 4.78 is 55.6. The number of carbonyl (C=O) groups excluding carboxylic acids is 3. The van der Waals surface area contributed by atoms with Crippen LogP contribution in [0.5, 0.6) is 0 Å². The first-order valence-corrected chi connectivity index (χ1v) is 29.7. The number of aliphatic hydroxyl groups excluding tert-OH is 2. The molecule has 410 valence electrons. The van der Waals surface area contributed by atoms with Gasteiger partial charge in [0.1, 0.15) is 24.4 Å². The van der Waals surface area contributed by atoms with Crippen molar-refractivity contribution in [2.75, 3.05) is 6.61 Å². The topological polar surface area (TPSA) is 195 Å². The first-order valence-electron chi connectivity index (χ1n) is 28.3. The van der Waals surface area contributed by atoms with E-state index in [4.69, 9.17) is 18.4 Å². The highest BCUT2D eigenvalue weighted by molar-refractivity contribution is 7.80. The van der Waals surface area contributed by atoms with Crippen molar-refractivity contribution in [3.63, 3.8) is 0 Å². The summed E-state index contributed by atoms with van der Waals surface area (Å²) in [4.78, 5) is 40.2. The summed E-state index contributed by atoms with van der Waals surface area (Å²) in [6, 6.07) is 19.6. The van der Waals surface area contributed by atoms with E-state index in [1.54, 1.807) is 0 Å². The fraction of sp³-hybridized carbons (Fsp3) is 0.741. The van der Waals surface area contributed by atoms with Crippen LogP contribution < -0.4 is 5.32 Å². The van der Waals surface area contributed by atoms with Crippen LogP contribution in [0.15, 0.2) is 60.7 Å². The van der Waals surface area contributed by atoms with Gasteiger partial charge in [-0.1, -0.05) is 222 Å². The summed E-state index contributed by atoms with van der Waals surface area (Å²) in [5, 5.41) is 23.8. The average molecular weight is 1030 g/mol. The van der Waals surface area contributed by atoms with E-state index in [1.807, 2.05) is 6.07 Å². The van der Waals surface area contributed by atoms with Crippen LogP contribution in [0, 0.1) is 0 Å². The van der Waals surface area contributed by atoms with Crippen molar-refractivity contribution in [1.82, 2.24) is 5.32 Å². The van der Waals surface area contributed by atoms with Crippen molar-refractivity contribution in [3.8, 4) is 0 Å². The van der Waals surface area contributed by atoms with Crippen LogP contribution in [0.25, 0.3) is 0 Å². The molecule has 0 bridgehead atoms. The van der Waals surface area contributed by atoms with E-state index in [0.717, 1.165) is 89.9 Å². The lowest BCUT2D eigenvalue weighted by atomic mass is 9.96. The molecule has 0 saturated carbocycles. The van der Waals surface area contributed by atoms with Crippen molar-refractivity contribution in [2.45, 2.75) is 268 Å². The molecular weight excluding hydrogens is 935 g/mol. The van der Waals surface area contributed by atoms with Gasteiger partial charge in [-0.15, -0.1) is 0 Å². The lowest BCUT2D eigenvalue weighted by Crippen LogP contribution is -2.66. The number of amides is 1. The molecule has 3 rings (SSSR count). The molecule has 2 aromatic carbocycles. The number of esters is 2. The van der Waals surface area contributed by atoms with E-state index in [0.29, 0.717) is 19.3 Å². The van der Waals surface area contributed by atoms with E-state index in [9.17, 15) is 37.6 Å². The van der Waals surface area contributed by atoms with Crippen molar-refractivity contribution < 1.29 is 56.0 Å². The quantitative estimate of drug-likeness (QED) is 0.0279. The molecule has 1 unspecified atom stereocenters. The zero-order chi connectivity index (χ0) is 51.9. The minimum absolute atomic E-state index is 0.0232. The van der Waals surface area contributed by atoms with Gasteiger partial charge in [0.2, 0.25) is 5.91 Å². The number of benzene rings is 2. The minimum Gasteiger partial charge on any atom is -0.462 e. The zero-order valence-corrected chi connectivity index (χ0v) is 44.9. The van der Waals surface area contributed by atoms with Gasteiger partial charge in [-0.3, -0.25) is 18.9 Å². The second-order valence-electron chi connectivity index (χ2n) is 20.3. The Kier molecular flexibility index (Phi) is 34.9. The van der Waals surface area contributed by atoms with Gasteiger partial charge in [-0.25, -0.2) is 4.18 Å². The molecule has 0 aliphatic carbocycles. The summed E-state index contributed by atoms with van der Waals surface area (Å²) >= 11 is 0. The lowest BCUT2D eigenvalue weighted by Gasteiger charge is -2.43. The van der Waals surface area contributed by atoms with Gasteiger partial charge in [-0.2, -0.15) is 8.42 Å². The van der Waals surface area contributed by atoms with Gasteiger partial charge in [0, 0.05) is 12.8 Å². The highest BCUT2D eigenvalue weighted by Gasteiger charge is 2.50. The number of ether oxygens (including phenoxy) is 3. The highest BCUT2D eigenvalue weighted by atomic mass is 32.3. The summed E-state index contributed by atoms with van der Waals surface area (Å²) in [5.41, 5.74) is 2.78. The maximum absolute atomic E-state index is 13.8. The molecule has 0 radical (unpaired) electrons. The minimum atomic E-state index is -5.17. The third-order valence-corrected chi connectivity index (χ3v) is 14.4. The Morgan fingerprint density at radius 2 is 1.00 bits per heavy atom. The zero-order valence-electron chi connectivity index (χ0n) is 44.1. The normalized spacial score (nSPS) is 18.4. The number of hydrogen-bond donors (Lipinski definition) is 4. The smallest absolute Gasteiger partial charge is 0.397 e. The number of hydrogen-bond acceptors (Lipinski definition) is 11. The third kappa shape index (κ3) is 30.7. The molecule has 13 nitrogen and oxygen atoms in total. The Labute approximate surface area is 434 Å². The molecule has 1 aliphatic heterocycles. The Bertz CT molecular complexity index is 1780. The van der Waals surface area contributed by atoms with Crippen LogP contribution >= 0.6 is 0 Å². The second kappa shape index (κ2) is 40.0. The molecule has 4 N–H and O–H groups in total. The second-order valence-corrected chi connectivity index (χ2v) is 21.3. The van der Waals surface area contributed by atoms with E-state index < -0.39 is 65.6 Å². The predicted molar refractivity (Wildman–Crippen MR) is 284 cm³/mol. The molecule has 1 fully saturated rings. The molecule has 14 heteroatoms. The summed E-state index contributed by atoms with van der Waals surface area (Å²) in [5.74, 6) is -1.77. The molecule has 6 atom stereocenters. The van der Waals surface area contributed by atoms with Crippen LogP contribution in [-0.4, -0.2) is 84.4 Å². The standard InChI is InChI=1S/C58H95NO12S/c1-2-3-4-5-6-11-18-23-34-43-50(68-53(62)44-35-24-19-14-9-7-12-16-21-28-37-48-39-30-26-31-40-48)46-52(61)59-55-57(56(71-72(65,66)67)51(47-60)69-58(55)64)70-54(63)45-36-25-20-15-10-8-13-17-22-29-38-49-41-32-27-33-42-49/h26-27,30-33,39-42,50-51,55-58,60,64H,2-25,28-29,34-38,43-47H2,1H3,(H,59,61)(H,65,66,67)/t50-,51+,55+,56+,57+,58?/m0/s1. The van der Waals surface area contributed by atoms with Gasteiger partial charge in [0.15, 0.2) is 12.4 Å². The molecule has 1 saturated heterocycles. The lowest BCUT2D eigenvalue weighted by molar-refractivity contribution is -0.254. The number of aliphatic hydroxyl groups is 2. The fourth-order valence-electron chi connectivity index (χ4n) is 9.72. The number of rotatable bonds is 44. The Morgan fingerprint density at radius 1 is 0.583 bits per heavy atom. The van der Waals surface area contributed by atoms with Crippen molar-refractivity contribution in [2.24, 2.45) is 0 Å². The van der Waals surface area contributed by atoms with E-state index in [-0.39, 0.29) is 25.2 Å². The Balaban J connectivity index is 1.46. The maximum Gasteiger partial charge on any atom is 0.397 e. The maximum atomic E-state index is 13.8. The van der Waals surface area contributed by atoms with Crippen LogP contribution in [0.4, 0.5) is 0 Å². The molecule has 1 aliphatic rings. The third-order valence-electron chi connectivity index (χ3n) is 13.9. The molecular formula is C58H95NO12S. The number of nitrogens with one attached hydrogen (secondary N) is 1. The van der Waals surface area contributed by atoms with Crippen LogP contribution in [0.1, 0.15) is 230 Å². The van der Waals surface area contributed by atoms with Gasteiger partial charge in [0.25, 0.3) is 0 Å². The molecule has 2 aromatic rings. The summed E-state index contributed by atoms with van der Waals surface area (Å²) in [7, 11) is -5.17. The molecule has 0 aromatic heterocycles. The van der Waals surface area contributed by atoms with E-state index in [2.05, 4.69) is 66.8 Å². The monoisotopic (exact) mass is 1030 g/mol. The Hall–Kier alpha value is -3.40. The predicted octanol–water partition coefficient (Wildman–Crippen LogP) is 12.6. The molecule has 1 heterocycles. The number of carbonyl (C=O) groups is 3. The van der Waals surface area contributed by atoms with Crippen LogP contribution in [0.2, 0.25) is 0 Å². The van der Waals surface area contributed by atoms with Crippen LogP contribution in [0.3, 0.4) is 0 Å². The SMILES string of the molecule is CCCCCCCCCCC[C@@H](CC(=O)N[C@H]1C(O)O[C@H](CO)[C@@H](OS(=O)(=O)O)[C@@H]1OC(=O)CCCCCCCCCCCCc1ccccc1)OC(=O)CCCCCCCCCCCCc1ccccc1. The number of unbranched alkanes of at least 4 members (excludes halogenated alkanes) is 26. The van der Waals surface area contributed by atoms with E-state index in [1.165, 1.54) is 107 Å². The first-order chi connectivity index (χ1) is 35.0. The van der Waals surface area contributed by atoms with Gasteiger partial charge in [-0.05, 0) is 62.5 Å². The van der Waals surface area contributed by atoms with E-state index >= 15 is 0 Å². The fourth-order valence-corrected chi connectivity index (χ4v) is 10.2. The van der Waals surface area contributed by atoms with Crippen molar-refractivity contribution >= 4 is 28.2 Å². The Morgan fingerprint density at radius 3 is 1.44 bits per heavy atom. The number of aryl methyl sites for hydroxylation is 2. The van der Waals surface area contributed by atoms with Gasteiger partial charge in [0.05, 0.1) is 13.0 Å². The average Bonchev–Trinajstić information content (AvgIpc) is 3.36. The molecule has 0 spiro atoms. The first kappa shape index (κ1) is 62.9. The van der Waals surface area contributed by atoms with Crippen molar-refractivity contribution in [3.05, 3.63) is 71.8 Å². The summed E-state index contributed by atoms with van der Waals surface area (Å²) in [6.07, 6.45) is 26.3. The summed E-state index contributed by atoms with van der Waals surface area (Å²) in [6.45, 7) is 1.34. The van der Waals surface area contributed by atoms with Crippen molar-refractivity contribution in [1.29, 1.82) is 0 Å². The largest absolute Gasteiger partial charge is 0.462 e. The van der Waals surface area contributed by atoms with Gasteiger partial charge >= 0.3 is 22.3 Å². The molecule has 1 amide bonds. The highest BCUT2D eigenvalue weighted by Crippen LogP contribution is 2.28. The molecule has 72 heavy (non-hydrogen) atoms. The van der Waals surface area contributed by atoms with Crippen LogP contribution in [-0.2, 0) is 56.0 Å². The van der Waals surface area contributed by atoms with Gasteiger partial charge < -0.3 is 29.7 Å².